The van der Waals surface area contributed by atoms with Gasteiger partial charge in [-0.2, -0.15) is 0 Å². The summed E-state index contributed by atoms with van der Waals surface area (Å²) in [5.74, 6) is 0.911. The van der Waals surface area contributed by atoms with E-state index in [0.29, 0.717) is 29.6 Å². The Morgan fingerprint density at radius 2 is 2.19 bits per heavy atom. The first-order chi connectivity index (χ1) is 9.95. The number of benzene rings is 1. The van der Waals surface area contributed by atoms with E-state index in [9.17, 15) is 14.9 Å². The lowest BCUT2D eigenvalue weighted by Crippen LogP contribution is -2.30. The van der Waals surface area contributed by atoms with Crippen molar-refractivity contribution in [2.75, 3.05) is 25.5 Å². The Morgan fingerprint density at radius 3 is 2.71 bits per heavy atom. The molecule has 0 aliphatic carbocycles. The number of carbonyl (C=O) groups is 1. The van der Waals surface area contributed by atoms with Crippen LogP contribution in [0.25, 0.3) is 0 Å². The maximum atomic E-state index is 12.6. The average Bonchev–Trinajstić information content (AvgIpc) is 2.95. The van der Waals surface area contributed by atoms with Crippen LogP contribution in [-0.4, -0.2) is 35.9 Å². The maximum Gasteiger partial charge on any atom is 0.293 e. The highest BCUT2D eigenvalue weighted by atomic mass is 16.6. The average molecular weight is 291 g/mol. The standard InChI is InChI=1S/C15H21N3O3/c1-10(2)11-7-8-17(9-11)15(19)12-5-4-6-13(18(20)21)14(12)16-3/h4-6,10-11,16H,7-9H2,1-3H3. The van der Waals surface area contributed by atoms with E-state index in [1.54, 1.807) is 24.1 Å². The minimum atomic E-state index is -0.469. The van der Waals surface area contributed by atoms with Gasteiger partial charge in [0.05, 0.1) is 10.5 Å². The molecule has 114 valence electrons. The SMILES string of the molecule is CNc1c(C(=O)N2CCC(C(C)C)C2)cccc1[N+](=O)[O-]. The lowest BCUT2D eigenvalue weighted by molar-refractivity contribution is -0.384. The molecule has 0 bridgehead atoms. The van der Waals surface area contributed by atoms with Crippen LogP contribution in [0, 0.1) is 22.0 Å². The molecule has 1 aliphatic heterocycles. The van der Waals surface area contributed by atoms with Gasteiger partial charge in [0.25, 0.3) is 11.6 Å². The number of para-hydroxylation sites is 1. The van der Waals surface area contributed by atoms with E-state index in [2.05, 4.69) is 19.2 Å². The molecule has 0 spiro atoms. The number of nitrogens with one attached hydrogen (secondary N) is 1. The van der Waals surface area contributed by atoms with Crippen LogP contribution >= 0.6 is 0 Å². The highest BCUT2D eigenvalue weighted by Gasteiger charge is 2.31. The second kappa shape index (κ2) is 6.11. The first kappa shape index (κ1) is 15.3. The highest BCUT2D eigenvalue weighted by Crippen LogP contribution is 2.31. The van der Waals surface area contributed by atoms with Gasteiger partial charge >= 0.3 is 0 Å². The van der Waals surface area contributed by atoms with Crippen LogP contribution in [-0.2, 0) is 0 Å². The smallest absolute Gasteiger partial charge is 0.293 e. The van der Waals surface area contributed by atoms with Gasteiger partial charge in [-0.25, -0.2) is 0 Å². The maximum absolute atomic E-state index is 12.6. The minimum Gasteiger partial charge on any atom is -0.382 e. The van der Waals surface area contributed by atoms with Gasteiger partial charge in [-0.1, -0.05) is 19.9 Å². The molecule has 0 aromatic heterocycles. The quantitative estimate of drug-likeness (QED) is 0.683. The van der Waals surface area contributed by atoms with Crippen LogP contribution in [0.1, 0.15) is 30.6 Å². The summed E-state index contributed by atoms with van der Waals surface area (Å²) < 4.78 is 0. The molecule has 1 amide bonds. The number of carbonyl (C=O) groups excluding carboxylic acids is 1. The van der Waals surface area contributed by atoms with Crippen LogP contribution in [0.4, 0.5) is 11.4 Å². The third kappa shape index (κ3) is 2.99. The molecule has 1 saturated heterocycles. The first-order valence-corrected chi connectivity index (χ1v) is 7.20. The third-order valence-corrected chi connectivity index (χ3v) is 4.17. The lowest BCUT2D eigenvalue weighted by Gasteiger charge is -2.19. The molecule has 1 N–H and O–H groups in total. The van der Waals surface area contributed by atoms with Crippen LogP contribution in [0.15, 0.2) is 18.2 Å². The molecule has 2 rings (SSSR count). The van der Waals surface area contributed by atoms with Crippen LogP contribution < -0.4 is 5.32 Å². The van der Waals surface area contributed by atoms with Crippen LogP contribution in [0.2, 0.25) is 0 Å². The Kier molecular flexibility index (Phi) is 4.45. The number of nitrogens with zero attached hydrogens (tertiary/aromatic N) is 2. The number of nitro groups is 1. The van der Waals surface area contributed by atoms with Gasteiger partial charge < -0.3 is 10.2 Å². The van der Waals surface area contributed by atoms with Crippen molar-refractivity contribution < 1.29 is 9.72 Å². The number of rotatable bonds is 4. The normalized spacial score (nSPS) is 18.1. The Bertz CT molecular complexity index is 557. The van der Waals surface area contributed by atoms with E-state index < -0.39 is 4.92 Å². The summed E-state index contributed by atoms with van der Waals surface area (Å²) in [5, 5.41) is 13.9. The largest absolute Gasteiger partial charge is 0.382 e. The van der Waals surface area contributed by atoms with Gasteiger partial charge in [0.1, 0.15) is 5.69 Å². The molecule has 6 nitrogen and oxygen atoms in total. The summed E-state index contributed by atoms with van der Waals surface area (Å²) in [6.07, 6.45) is 0.993. The molecule has 6 heteroatoms. The summed E-state index contributed by atoms with van der Waals surface area (Å²) >= 11 is 0. The van der Waals surface area contributed by atoms with Crippen LogP contribution in [0.3, 0.4) is 0 Å². The summed E-state index contributed by atoms with van der Waals surface area (Å²) in [4.78, 5) is 25.0. The Morgan fingerprint density at radius 1 is 1.48 bits per heavy atom. The van der Waals surface area contributed by atoms with Gasteiger partial charge in [0.15, 0.2) is 0 Å². The number of anilines is 1. The molecule has 0 saturated carbocycles. The van der Waals surface area contributed by atoms with Crippen molar-refractivity contribution in [3.05, 3.63) is 33.9 Å². The van der Waals surface area contributed by atoms with Crippen molar-refractivity contribution in [3.63, 3.8) is 0 Å². The summed E-state index contributed by atoms with van der Waals surface area (Å²) in [6.45, 7) is 5.76. The third-order valence-electron chi connectivity index (χ3n) is 4.17. The molecule has 21 heavy (non-hydrogen) atoms. The summed E-state index contributed by atoms with van der Waals surface area (Å²) in [6, 6.07) is 4.61. The first-order valence-electron chi connectivity index (χ1n) is 7.20. The van der Waals surface area contributed by atoms with Crippen molar-refractivity contribution >= 4 is 17.3 Å². The molecular weight excluding hydrogens is 270 g/mol. The van der Waals surface area contributed by atoms with Crippen molar-refractivity contribution in [1.82, 2.24) is 4.90 Å². The van der Waals surface area contributed by atoms with Crippen molar-refractivity contribution in [2.24, 2.45) is 11.8 Å². The van der Waals surface area contributed by atoms with Crippen molar-refractivity contribution in [1.29, 1.82) is 0 Å². The number of likely N-dealkylation sites (tertiary alicyclic amines) is 1. The minimum absolute atomic E-state index is 0.0667. The lowest BCUT2D eigenvalue weighted by atomic mass is 9.95. The predicted molar refractivity (Wildman–Crippen MR) is 81.5 cm³/mol. The molecule has 1 unspecified atom stereocenters. The molecule has 0 radical (unpaired) electrons. The zero-order valence-electron chi connectivity index (χ0n) is 12.6. The van der Waals surface area contributed by atoms with Crippen molar-refractivity contribution in [2.45, 2.75) is 20.3 Å². The number of amides is 1. The molecule has 1 aromatic carbocycles. The zero-order chi connectivity index (χ0) is 15.6. The second-order valence-corrected chi connectivity index (χ2v) is 5.75. The fourth-order valence-electron chi connectivity index (χ4n) is 2.82. The van der Waals surface area contributed by atoms with Crippen LogP contribution in [0.5, 0.6) is 0 Å². The van der Waals surface area contributed by atoms with E-state index in [-0.39, 0.29) is 11.6 Å². The van der Waals surface area contributed by atoms with Gasteiger partial charge in [0, 0.05) is 26.2 Å². The zero-order valence-corrected chi connectivity index (χ0v) is 12.6. The number of nitro benzene ring substituents is 1. The van der Waals surface area contributed by atoms with E-state index in [4.69, 9.17) is 0 Å². The fraction of sp³-hybridized carbons (Fsp3) is 0.533. The summed E-state index contributed by atoms with van der Waals surface area (Å²) in [7, 11) is 1.60. The summed E-state index contributed by atoms with van der Waals surface area (Å²) in [5.41, 5.74) is 0.597. The van der Waals surface area contributed by atoms with E-state index in [1.807, 2.05) is 0 Å². The van der Waals surface area contributed by atoms with Crippen molar-refractivity contribution in [3.8, 4) is 0 Å². The van der Waals surface area contributed by atoms with Gasteiger partial charge in [0.2, 0.25) is 0 Å². The second-order valence-electron chi connectivity index (χ2n) is 5.75. The molecule has 1 heterocycles. The Hall–Kier alpha value is -2.11. The fourth-order valence-corrected chi connectivity index (χ4v) is 2.82. The molecular formula is C15H21N3O3. The molecule has 1 aromatic rings. The predicted octanol–water partition coefficient (Wildman–Crippen LogP) is 2.75. The van der Waals surface area contributed by atoms with E-state index >= 15 is 0 Å². The number of hydrogen-bond donors (Lipinski definition) is 1. The molecule has 1 aliphatic rings. The van der Waals surface area contributed by atoms with Gasteiger partial charge in [-0.3, -0.25) is 14.9 Å². The Balaban J connectivity index is 2.28. The monoisotopic (exact) mass is 291 g/mol. The highest BCUT2D eigenvalue weighted by molar-refractivity contribution is 6.01. The van der Waals surface area contributed by atoms with E-state index in [1.165, 1.54) is 6.07 Å². The molecule has 1 atom stereocenters. The topological polar surface area (TPSA) is 75.5 Å². The van der Waals surface area contributed by atoms with Gasteiger partial charge in [-0.05, 0) is 24.3 Å². The molecule has 1 fully saturated rings. The van der Waals surface area contributed by atoms with Gasteiger partial charge in [-0.15, -0.1) is 0 Å². The van der Waals surface area contributed by atoms with E-state index in [0.717, 1.165) is 13.0 Å². The number of hydrogen-bond acceptors (Lipinski definition) is 4. The Labute approximate surface area is 124 Å².